The summed E-state index contributed by atoms with van der Waals surface area (Å²) in [4.78, 5) is 12.2. The zero-order valence-corrected chi connectivity index (χ0v) is 17.4. The van der Waals surface area contributed by atoms with Gasteiger partial charge in [-0.15, -0.1) is 10.2 Å². The SMILES string of the molecule is Cc1cc(OCC(=O)Nc2nnc(C3CCCO3)s2)c(C(C)C)cc1Br. The summed E-state index contributed by atoms with van der Waals surface area (Å²) in [6.45, 7) is 6.87. The maximum absolute atomic E-state index is 12.2. The molecule has 1 aliphatic heterocycles. The van der Waals surface area contributed by atoms with Gasteiger partial charge in [0.15, 0.2) is 6.61 Å². The van der Waals surface area contributed by atoms with E-state index in [0.29, 0.717) is 11.0 Å². The van der Waals surface area contributed by atoms with Crippen LogP contribution in [0, 0.1) is 6.92 Å². The largest absolute Gasteiger partial charge is 0.483 e. The summed E-state index contributed by atoms with van der Waals surface area (Å²) < 4.78 is 12.4. The Bertz CT molecular complexity index is 788. The highest BCUT2D eigenvalue weighted by Gasteiger charge is 2.22. The number of nitrogens with one attached hydrogen (secondary N) is 1. The summed E-state index contributed by atoms with van der Waals surface area (Å²) in [5.74, 6) is 0.769. The number of rotatable bonds is 6. The monoisotopic (exact) mass is 439 g/mol. The standard InChI is InChI=1S/C18H22BrN3O3S/c1-10(2)12-8-13(19)11(3)7-15(12)25-9-16(23)20-18-22-21-17(26-18)14-5-4-6-24-14/h7-8,10,14H,4-6,9H2,1-3H3,(H,20,22,23). The highest BCUT2D eigenvalue weighted by molar-refractivity contribution is 9.10. The van der Waals surface area contributed by atoms with E-state index in [1.165, 1.54) is 11.3 Å². The Morgan fingerprint density at radius 3 is 2.96 bits per heavy atom. The Labute approximate surface area is 165 Å². The molecule has 1 saturated heterocycles. The molecule has 1 aliphatic rings. The highest BCUT2D eigenvalue weighted by Crippen LogP contribution is 2.33. The average Bonchev–Trinajstić information content (AvgIpc) is 3.26. The van der Waals surface area contributed by atoms with Gasteiger partial charge < -0.3 is 9.47 Å². The lowest BCUT2D eigenvalue weighted by atomic mass is 10.0. The second kappa shape index (κ2) is 8.45. The van der Waals surface area contributed by atoms with Gasteiger partial charge in [0.1, 0.15) is 16.9 Å². The van der Waals surface area contributed by atoms with Crippen LogP contribution in [0.3, 0.4) is 0 Å². The first-order valence-corrected chi connectivity index (χ1v) is 10.2. The first-order chi connectivity index (χ1) is 12.4. The molecule has 1 aromatic heterocycles. The Hall–Kier alpha value is -1.51. The number of carbonyl (C=O) groups excluding carboxylic acids is 1. The van der Waals surface area contributed by atoms with Crippen molar-refractivity contribution in [2.75, 3.05) is 18.5 Å². The van der Waals surface area contributed by atoms with Crippen molar-refractivity contribution in [3.8, 4) is 5.75 Å². The summed E-state index contributed by atoms with van der Waals surface area (Å²) in [5.41, 5.74) is 2.13. The summed E-state index contributed by atoms with van der Waals surface area (Å²) in [7, 11) is 0. The van der Waals surface area contributed by atoms with Crippen molar-refractivity contribution in [3.05, 3.63) is 32.7 Å². The normalized spacial score (nSPS) is 16.9. The van der Waals surface area contributed by atoms with Crippen LogP contribution in [0.15, 0.2) is 16.6 Å². The molecule has 140 valence electrons. The molecule has 3 rings (SSSR count). The van der Waals surface area contributed by atoms with Crippen LogP contribution in [0.25, 0.3) is 0 Å². The maximum atomic E-state index is 12.2. The van der Waals surface area contributed by atoms with Crippen LogP contribution in [0.4, 0.5) is 5.13 Å². The van der Waals surface area contributed by atoms with Gasteiger partial charge in [-0.05, 0) is 48.9 Å². The van der Waals surface area contributed by atoms with E-state index in [4.69, 9.17) is 9.47 Å². The van der Waals surface area contributed by atoms with Gasteiger partial charge in [-0.2, -0.15) is 0 Å². The van der Waals surface area contributed by atoms with Crippen LogP contribution in [0.2, 0.25) is 0 Å². The van der Waals surface area contributed by atoms with Crippen molar-refractivity contribution in [3.63, 3.8) is 0 Å². The molecule has 8 heteroatoms. The summed E-state index contributed by atoms with van der Waals surface area (Å²) in [6.07, 6.45) is 1.99. The Balaban J connectivity index is 1.60. The van der Waals surface area contributed by atoms with Crippen LogP contribution >= 0.6 is 27.3 Å². The minimum Gasteiger partial charge on any atom is -0.483 e. The van der Waals surface area contributed by atoms with E-state index < -0.39 is 0 Å². The molecule has 6 nitrogen and oxygen atoms in total. The summed E-state index contributed by atoms with van der Waals surface area (Å²) >= 11 is 4.90. The Morgan fingerprint density at radius 1 is 1.46 bits per heavy atom. The summed E-state index contributed by atoms with van der Waals surface area (Å²) in [5, 5.41) is 12.2. The van der Waals surface area contributed by atoms with E-state index in [0.717, 1.165) is 45.8 Å². The van der Waals surface area contributed by atoms with Gasteiger partial charge in [-0.25, -0.2) is 0 Å². The third-order valence-corrected chi connectivity index (χ3v) is 5.95. The van der Waals surface area contributed by atoms with Crippen molar-refractivity contribution in [2.24, 2.45) is 0 Å². The van der Waals surface area contributed by atoms with Gasteiger partial charge in [-0.1, -0.05) is 41.1 Å². The van der Waals surface area contributed by atoms with Gasteiger partial charge in [0, 0.05) is 11.1 Å². The lowest BCUT2D eigenvalue weighted by Crippen LogP contribution is -2.20. The lowest BCUT2D eigenvalue weighted by molar-refractivity contribution is -0.118. The number of carbonyl (C=O) groups is 1. The predicted octanol–water partition coefficient (Wildman–Crippen LogP) is 4.60. The molecule has 2 aromatic rings. The molecule has 0 bridgehead atoms. The zero-order valence-electron chi connectivity index (χ0n) is 15.0. The lowest BCUT2D eigenvalue weighted by Gasteiger charge is -2.15. The molecule has 1 amide bonds. The molecule has 0 spiro atoms. The molecule has 26 heavy (non-hydrogen) atoms. The molecular weight excluding hydrogens is 418 g/mol. The number of hydrogen-bond donors (Lipinski definition) is 1. The first kappa shape index (κ1) is 19.3. The van der Waals surface area contributed by atoms with Gasteiger partial charge in [0.2, 0.25) is 5.13 Å². The highest BCUT2D eigenvalue weighted by atomic mass is 79.9. The first-order valence-electron chi connectivity index (χ1n) is 8.61. The van der Waals surface area contributed by atoms with Crippen LogP contribution in [-0.4, -0.2) is 29.3 Å². The molecule has 0 saturated carbocycles. The number of benzene rings is 1. The smallest absolute Gasteiger partial charge is 0.264 e. The number of amides is 1. The Kier molecular flexibility index (Phi) is 6.26. The van der Waals surface area contributed by atoms with Crippen molar-refractivity contribution in [1.82, 2.24) is 10.2 Å². The van der Waals surface area contributed by atoms with E-state index >= 15 is 0 Å². The van der Waals surface area contributed by atoms with Crippen LogP contribution in [0.5, 0.6) is 5.75 Å². The Morgan fingerprint density at radius 2 is 2.27 bits per heavy atom. The minimum atomic E-state index is -0.254. The van der Waals surface area contributed by atoms with Crippen molar-refractivity contribution >= 4 is 38.3 Å². The van der Waals surface area contributed by atoms with Gasteiger partial charge in [0.05, 0.1) is 0 Å². The number of aromatic nitrogens is 2. The minimum absolute atomic E-state index is 0.00810. The van der Waals surface area contributed by atoms with Crippen LogP contribution < -0.4 is 10.1 Å². The molecule has 1 aromatic carbocycles. The molecule has 1 N–H and O–H groups in total. The number of anilines is 1. The van der Waals surface area contributed by atoms with E-state index in [2.05, 4.69) is 45.3 Å². The number of aryl methyl sites for hydroxylation is 1. The third kappa shape index (κ3) is 4.61. The van der Waals surface area contributed by atoms with Crippen molar-refractivity contribution in [1.29, 1.82) is 0 Å². The zero-order chi connectivity index (χ0) is 18.7. The number of halogens is 1. The van der Waals surface area contributed by atoms with Crippen LogP contribution in [-0.2, 0) is 9.53 Å². The molecule has 0 radical (unpaired) electrons. The van der Waals surface area contributed by atoms with Crippen LogP contribution in [0.1, 0.15) is 54.8 Å². The predicted molar refractivity (Wildman–Crippen MR) is 105 cm³/mol. The molecule has 1 fully saturated rings. The van der Waals surface area contributed by atoms with E-state index in [9.17, 15) is 4.79 Å². The van der Waals surface area contributed by atoms with Gasteiger partial charge in [-0.3, -0.25) is 10.1 Å². The van der Waals surface area contributed by atoms with E-state index in [1.54, 1.807) is 0 Å². The summed E-state index contributed by atoms with van der Waals surface area (Å²) in [6, 6.07) is 4.00. The second-order valence-electron chi connectivity index (χ2n) is 6.58. The molecule has 0 aliphatic carbocycles. The van der Waals surface area contributed by atoms with Crippen molar-refractivity contribution < 1.29 is 14.3 Å². The van der Waals surface area contributed by atoms with Gasteiger partial charge in [0.25, 0.3) is 5.91 Å². The molecule has 1 atom stereocenters. The molecule has 2 heterocycles. The van der Waals surface area contributed by atoms with E-state index in [-0.39, 0.29) is 18.6 Å². The number of hydrogen-bond acceptors (Lipinski definition) is 6. The molecule has 1 unspecified atom stereocenters. The maximum Gasteiger partial charge on any atom is 0.264 e. The number of nitrogens with zero attached hydrogens (tertiary/aromatic N) is 2. The second-order valence-corrected chi connectivity index (χ2v) is 8.44. The fourth-order valence-electron chi connectivity index (χ4n) is 2.73. The fourth-order valence-corrected chi connectivity index (χ4v) is 3.94. The van der Waals surface area contributed by atoms with Crippen molar-refractivity contribution in [2.45, 2.75) is 45.6 Å². The topological polar surface area (TPSA) is 73.3 Å². The quantitative estimate of drug-likeness (QED) is 0.711. The average molecular weight is 440 g/mol. The number of ether oxygens (including phenoxy) is 2. The van der Waals surface area contributed by atoms with E-state index in [1.807, 2.05) is 19.1 Å². The molecular formula is C18H22BrN3O3S. The van der Waals surface area contributed by atoms with Gasteiger partial charge >= 0.3 is 0 Å². The fraction of sp³-hybridized carbons (Fsp3) is 0.500. The third-order valence-electron chi connectivity index (χ3n) is 4.16.